The Morgan fingerprint density at radius 1 is 1.20 bits per heavy atom. The van der Waals surface area contributed by atoms with Crippen molar-refractivity contribution in [3.63, 3.8) is 0 Å². The summed E-state index contributed by atoms with van der Waals surface area (Å²) in [6.45, 7) is 6.16. The molecular formula is C23H25NO6. The van der Waals surface area contributed by atoms with Gasteiger partial charge in [0.25, 0.3) is 0 Å². The lowest BCUT2D eigenvalue weighted by Crippen LogP contribution is -3.08. The molecule has 2 N–H and O–H groups in total. The fraction of sp³-hybridized carbons (Fsp3) is 0.217. The summed E-state index contributed by atoms with van der Waals surface area (Å²) in [5.41, 5.74) is 3.20. The Hall–Kier alpha value is -3.76. The first-order valence-corrected chi connectivity index (χ1v) is 8.99. The molecule has 0 aliphatic heterocycles. The van der Waals surface area contributed by atoms with E-state index in [0.717, 1.165) is 34.7 Å². The first-order chi connectivity index (χ1) is 14.3. The number of carboxylic acid groups (broad SMARTS) is 2. The van der Waals surface area contributed by atoms with Crippen LogP contribution in [0.4, 0.5) is 0 Å². The number of rotatable bonds is 8. The molecule has 7 nitrogen and oxygen atoms in total. The normalized spacial score (nSPS) is 10.6. The second kappa shape index (κ2) is 12.6. The molecule has 1 unspecified atom stereocenters. The molecule has 158 valence electrons. The van der Waals surface area contributed by atoms with Crippen LogP contribution in [0.3, 0.4) is 0 Å². The van der Waals surface area contributed by atoms with Gasteiger partial charge in [0.1, 0.15) is 31.2 Å². The molecule has 0 amide bonds. The van der Waals surface area contributed by atoms with Gasteiger partial charge in [-0.3, -0.25) is 0 Å². The van der Waals surface area contributed by atoms with Crippen LogP contribution in [0.5, 0.6) is 11.5 Å². The van der Waals surface area contributed by atoms with Crippen molar-refractivity contribution in [3.8, 4) is 23.8 Å². The molecule has 0 aliphatic carbocycles. The van der Waals surface area contributed by atoms with Crippen molar-refractivity contribution in [2.45, 2.75) is 6.61 Å². The lowest BCUT2D eigenvalue weighted by atomic mass is 10.1. The third-order valence-corrected chi connectivity index (χ3v) is 3.88. The zero-order valence-electron chi connectivity index (χ0n) is 17.0. The number of terminal acetylenes is 1. The van der Waals surface area contributed by atoms with Crippen LogP contribution in [0, 0.1) is 12.3 Å². The quantitative estimate of drug-likeness (QED) is 0.477. The third-order valence-electron chi connectivity index (χ3n) is 3.88. The Kier molecular flexibility index (Phi) is 10.2. The predicted octanol–water partition coefficient (Wildman–Crippen LogP) is 0.256. The molecule has 0 saturated heterocycles. The summed E-state index contributed by atoms with van der Waals surface area (Å²) >= 11 is 0. The van der Waals surface area contributed by atoms with Gasteiger partial charge < -0.3 is 29.4 Å². The lowest BCUT2D eigenvalue weighted by molar-refractivity contribution is -0.863. The maximum atomic E-state index is 9.04. The molecule has 2 aromatic carbocycles. The first-order valence-electron chi connectivity index (χ1n) is 8.99. The number of carbonyl (C=O) groups is 2. The smallest absolute Gasteiger partial charge is 0.351 e. The maximum Gasteiger partial charge on any atom is 0.351 e. The van der Waals surface area contributed by atoms with Gasteiger partial charge in [0.05, 0.1) is 14.2 Å². The van der Waals surface area contributed by atoms with Crippen LogP contribution >= 0.6 is 0 Å². The number of carboxylic acids is 2. The van der Waals surface area contributed by atoms with E-state index in [1.807, 2.05) is 48.5 Å². The Morgan fingerprint density at radius 2 is 1.83 bits per heavy atom. The van der Waals surface area contributed by atoms with Crippen LogP contribution in [0.25, 0.3) is 5.57 Å². The molecule has 2 rings (SSSR count). The molecule has 0 saturated carbocycles. The van der Waals surface area contributed by atoms with Crippen LogP contribution in [0.1, 0.15) is 11.1 Å². The minimum atomic E-state index is -2.07. The minimum absolute atomic E-state index is 0.495. The summed E-state index contributed by atoms with van der Waals surface area (Å²) in [6, 6.07) is 15.9. The molecule has 0 bridgehead atoms. The predicted molar refractivity (Wildman–Crippen MR) is 111 cm³/mol. The lowest BCUT2D eigenvalue weighted by Gasteiger charge is -2.14. The van der Waals surface area contributed by atoms with Gasteiger partial charge in [-0.05, 0) is 41.3 Å². The van der Waals surface area contributed by atoms with E-state index < -0.39 is 11.9 Å². The molecule has 0 heterocycles. The fourth-order valence-corrected chi connectivity index (χ4v) is 2.44. The van der Waals surface area contributed by atoms with E-state index in [0.29, 0.717) is 13.2 Å². The van der Waals surface area contributed by atoms with E-state index in [1.54, 1.807) is 7.11 Å². The molecular weight excluding hydrogens is 386 g/mol. The highest BCUT2D eigenvalue weighted by molar-refractivity contribution is 6.26. The van der Waals surface area contributed by atoms with Crippen molar-refractivity contribution in [2.75, 3.05) is 27.2 Å². The van der Waals surface area contributed by atoms with Crippen molar-refractivity contribution in [3.05, 3.63) is 66.2 Å². The summed E-state index contributed by atoms with van der Waals surface area (Å²) in [5, 5.41) is 16.3. The van der Waals surface area contributed by atoms with Crippen LogP contribution in [-0.4, -0.2) is 44.3 Å². The van der Waals surface area contributed by atoms with E-state index in [2.05, 4.69) is 19.5 Å². The van der Waals surface area contributed by atoms with Gasteiger partial charge in [-0.1, -0.05) is 30.8 Å². The van der Waals surface area contributed by atoms with Gasteiger partial charge in [-0.15, -0.1) is 6.42 Å². The van der Waals surface area contributed by atoms with E-state index >= 15 is 0 Å². The second-order valence-electron chi connectivity index (χ2n) is 6.38. The second-order valence-corrected chi connectivity index (χ2v) is 6.38. The van der Waals surface area contributed by atoms with Gasteiger partial charge in [-0.25, -0.2) is 4.79 Å². The number of hydrogen-bond acceptors (Lipinski definition) is 5. The van der Waals surface area contributed by atoms with Crippen molar-refractivity contribution in [1.29, 1.82) is 0 Å². The maximum absolute atomic E-state index is 9.04. The standard InChI is InChI=1S/C21H23NO2.C2H2O4/c1-5-12-22(3)15-17(2)19-9-7-11-21(14-19)24-16-18-8-6-10-20(13-18)23-4;3-1(4)2(5)6/h1,6-11,13-14H,2,12,15-16H2,3-4H3;(H,3,4)(H,5,6). The molecule has 0 aromatic heterocycles. The highest BCUT2D eigenvalue weighted by Crippen LogP contribution is 2.20. The first kappa shape index (κ1) is 24.3. The number of aliphatic carboxylic acids is 2. The molecule has 2 aromatic rings. The highest BCUT2D eigenvalue weighted by atomic mass is 16.5. The van der Waals surface area contributed by atoms with Crippen LogP contribution in [0.2, 0.25) is 0 Å². The summed E-state index contributed by atoms with van der Waals surface area (Å²) in [5.74, 6) is 0.317. The van der Waals surface area contributed by atoms with Gasteiger partial charge in [0.2, 0.25) is 0 Å². The molecule has 0 fully saturated rings. The third kappa shape index (κ3) is 8.95. The van der Waals surface area contributed by atoms with Crippen molar-refractivity contribution in [1.82, 2.24) is 0 Å². The Balaban J connectivity index is 0.000000656. The fourth-order valence-electron chi connectivity index (χ4n) is 2.44. The number of benzene rings is 2. The van der Waals surface area contributed by atoms with E-state index in [1.165, 1.54) is 4.90 Å². The zero-order valence-corrected chi connectivity index (χ0v) is 17.0. The number of hydrogen-bond donors (Lipinski definition) is 2. The van der Waals surface area contributed by atoms with E-state index in [-0.39, 0.29) is 0 Å². The monoisotopic (exact) mass is 411 g/mol. The van der Waals surface area contributed by atoms with E-state index in [4.69, 9.17) is 35.7 Å². The molecule has 0 spiro atoms. The Bertz CT molecular complexity index is 904. The number of nitrogens with one attached hydrogen (secondary N) is 1. The topological polar surface area (TPSA) is 100 Å². The molecule has 1 atom stereocenters. The van der Waals surface area contributed by atoms with E-state index in [9.17, 15) is 0 Å². The number of carbonyl (C=O) groups excluding carboxylic acids is 1. The number of ether oxygens (including phenoxy) is 2. The van der Waals surface area contributed by atoms with Gasteiger partial charge in [0.15, 0.2) is 5.97 Å². The van der Waals surface area contributed by atoms with Crippen molar-refractivity contribution in [2.24, 2.45) is 0 Å². The molecule has 7 heteroatoms. The number of likely N-dealkylation sites (N-methyl/N-ethyl adjacent to an activating group) is 1. The van der Waals surface area contributed by atoms with Gasteiger partial charge in [-0.2, -0.15) is 0 Å². The molecule has 0 radical (unpaired) electrons. The summed E-state index contributed by atoms with van der Waals surface area (Å²) < 4.78 is 11.1. The zero-order chi connectivity index (χ0) is 22.5. The SMILES string of the molecule is C#CC[NH+](C)CC(=C)c1cccc(OCc2cccc(OC)c2)c1.O=C([O-])C(=O)O. The Labute approximate surface area is 176 Å². The van der Waals surface area contributed by atoms with Crippen LogP contribution in [-0.2, 0) is 16.2 Å². The summed E-state index contributed by atoms with van der Waals surface area (Å²) in [7, 11) is 3.72. The number of quaternary nitrogens is 1. The molecule has 0 aliphatic rings. The average molecular weight is 411 g/mol. The number of methoxy groups -OCH3 is 1. The highest BCUT2D eigenvalue weighted by Gasteiger charge is 2.07. The van der Waals surface area contributed by atoms with Gasteiger partial charge >= 0.3 is 5.97 Å². The summed E-state index contributed by atoms with van der Waals surface area (Å²) in [4.78, 5) is 19.3. The largest absolute Gasteiger partial charge is 0.539 e. The molecule has 30 heavy (non-hydrogen) atoms. The van der Waals surface area contributed by atoms with Crippen molar-refractivity contribution < 1.29 is 34.2 Å². The van der Waals surface area contributed by atoms with Crippen LogP contribution < -0.4 is 19.5 Å². The van der Waals surface area contributed by atoms with Crippen LogP contribution in [0.15, 0.2) is 55.1 Å². The van der Waals surface area contributed by atoms with Gasteiger partial charge in [0, 0.05) is 5.57 Å². The Morgan fingerprint density at radius 3 is 2.43 bits per heavy atom. The summed E-state index contributed by atoms with van der Waals surface area (Å²) in [6.07, 6.45) is 5.35. The van der Waals surface area contributed by atoms with Crippen molar-refractivity contribution >= 4 is 17.5 Å². The minimum Gasteiger partial charge on any atom is -0.539 e. The average Bonchev–Trinajstić information content (AvgIpc) is 2.73.